The number of carbonyl (C=O) groups is 2. The highest BCUT2D eigenvalue weighted by molar-refractivity contribution is 5.77. The van der Waals surface area contributed by atoms with Gasteiger partial charge in [-0.25, -0.2) is 0 Å². The monoisotopic (exact) mass is 186 g/mol. The van der Waals surface area contributed by atoms with Crippen molar-refractivity contribution in [1.82, 2.24) is 0 Å². The van der Waals surface area contributed by atoms with Gasteiger partial charge in [-0.1, -0.05) is 19.3 Å². The zero-order chi connectivity index (χ0) is 9.84. The standard InChI is InChI=1S/C9H14O4/c10-8(11)5-7(9(12)13)4-6-2-1-3-6/h6-7H,1-5H2,(H,10,11)(H,12,13)/t7-/m0/s1. The van der Waals surface area contributed by atoms with Crippen LogP contribution in [0.25, 0.3) is 0 Å². The first-order valence-corrected chi connectivity index (χ1v) is 4.54. The topological polar surface area (TPSA) is 74.6 Å². The Morgan fingerprint density at radius 1 is 1.31 bits per heavy atom. The van der Waals surface area contributed by atoms with Gasteiger partial charge in [-0.2, -0.15) is 0 Å². The first-order chi connectivity index (χ1) is 6.09. The SMILES string of the molecule is O=C(O)C[C@H](CC1CCC1)C(=O)O. The maximum absolute atomic E-state index is 10.6. The molecule has 4 heteroatoms. The van der Waals surface area contributed by atoms with E-state index >= 15 is 0 Å². The van der Waals surface area contributed by atoms with Crippen LogP contribution in [-0.2, 0) is 9.59 Å². The second-order valence-corrected chi connectivity index (χ2v) is 3.67. The van der Waals surface area contributed by atoms with E-state index in [-0.39, 0.29) is 6.42 Å². The fourth-order valence-electron chi connectivity index (χ4n) is 1.61. The van der Waals surface area contributed by atoms with Gasteiger partial charge >= 0.3 is 11.9 Å². The lowest BCUT2D eigenvalue weighted by atomic mass is 9.78. The van der Waals surface area contributed by atoms with E-state index in [4.69, 9.17) is 10.2 Å². The Kier molecular flexibility index (Phi) is 3.28. The van der Waals surface area contributed by atoms with Crippen molar-refractivity contribution in [2.24, 2.45) is 11.8 Å². The van der Waals surface area contributed by atoms with E-state index in [0.717, 1.165) is 19.3 Å². The van der Waals surface area contributed by atoms with Gasteiger partial charge in [-0.3, -0.25) is 9.59 Å². The summed E-state index contributed by atoms with van der Waals surface area (Å²) >= 11 is 0. The summed E-state index contributed by atoms with van der Waals surface area (Å²) in [6.45, 7) is 0. The van der Waals surface area contributed by atoms with Crippen molar-refractivity contribution in [1.29, 1.82) is 0 Å². The molecule has 74 valence electrons. The van der Waals surface area contributed by atoms with Crippen LogP contribution >= 0.6 is 0 Å². The molecule has 0 aromatic carbocycles. The average Bonchev–Trinajstić information content (AvgIpc) is 1.92. The summed E-state index contributed by atoms with van der Waals surface area (Å²) in [5.41, 5.74) is 0. The van der Waals surface area contributed by atoms with E-state index in [1.165, 1.54) is 0 Å². The number of carboxylic acids is 2. The molecule has 0 amide bonds. The van der Waals surface area contributed by atoms with Crippen molar-refractivity contribution >= 4 is 11.9 Å². The number of rotatable bonds is 5. The highest BCUT2D eigenvalue weighted by atomic mass is 16.4. The van der Waals surface area contributed by atoms with Crippen molar-refractivity contribution in [3.63, 3.8) is 0 Å². The third kappa shape index (κ3) is 3.05. The Bertz CT molecular complexity index is 208. The molecule has 0 aliphatic heterocycles. The number of hydrogen-bond acceptors (Lipinski definition) is 2. The molecule has 1 rings (SSSR count). The minimum absolute atomic E-state index is 0.244. The molecule has 1 atom stereocenters. The van der Waals surface area contributed by atoms with Gasteiger partial charge in [-0.05, 0) is 12.3 Å². The van der Waals surface area contributed by atoms with E-state index in [9.17, 15) is 9.59 Å². The van der Waals surface area contributed by atoms with E-state index in [2.05, 4.69) is 0 Å². The summed E-state index contributed by atoms with van der Waals surface area (Å²) in [5, 5.41) is 17.2. The largest absolute Gasteiger partial charge is 0.481 e. The molecule has 0 aromatic heterocycles. The second-order valence-electron chi connectivity index (χ2n) is 3.67. The average molecular weight is 186 g/mol. The molecule has 2 N–H and O–H groups in total. The zero-order valence-electron chi connectivity index (χ0n) is 7.40. The molecule has 0 bridgehead atoms. The van der Waals surface area contributed by atoms with Crippen LogP contribution in [0.15, 0.2) is 0 Å². The number of carboxylic acid groups (broad SMARTS) is 2. The molecule has 1 aliphatic rings. The van der Waals surface area contributed by atoms with Crippen LogP contribution in [0.1, 0.15) is 32.1 Å². The normalized spacial score (nSPS) is 19.1. The van der Waals surface area contributed by atoms with Gasteiger partial charge in [0.15, 0.2) is 0 Å². The first-order valence-electron chi connectivity index (χ1n) is 4.54. The summed E-state index contributed by atoms with van der Waals surface area (Å²) in [4.78, 5) is 21.0. The molecular weight excluding hydrogens is 172 g/mol. The molecule has 0 heterocycles. The van der Waals surface area contributed by atoms with Crippen molar-refractivity contribution in [3.05, 3.63) is 0 Å². The van der Waals surface area contributed by atoms with Crippen molar-refractivity contribution in [2.75, 3.05) is 0 Å². The van der Waals surface area contributed by atoms with Gasteiger partial charge in [-0.15, -0.1) is 0 Å². The van der Waals surface area contributed by atoms with Gasteiger partial charge in [0, 0.05) is 0 Å². The lowest BCUT2D eigenvalue weighted by Gasteiger charge is -2.27. The van der Waals surface area contributed by atoms with E-state index in [0.29, 0.717) is 12.3 Å². The molecule has 0 aromatic rings. The minimum Gasteiger partial charge on any atom is -0.481 e. The molecule has 1 saturated carbocycles. The van der Waals surface area contributed by atoms with Crippen LogP contribution in [0.3, 0.4) is 0 Å². The van der Waals surface area contributed by atoms with Crippen molar-refractivity contribution in [3.8, 4) is 0 Å². The lowest BCUT2D eigenvalue weighted by molar-refractivity contribution is -0.149. The van der Waals surface area contributed by atoms with E-state index in [1.54, 1.807) is 0 Å². The van der Waals surface area contributed by atoms with Crippen LogP contribution in [0.5, 0.6) is 0 Å². The number of hydrogen-bond donors (Lipinski definition) is 2. The summed E-state index contributed by atoms with van der Waals surface area (Å²) in [7, 11) is 0. The predicted molar refractivity (Wildman–Crippen MR) is 45.3 cm³/mol. The molecule has 0 spiro atoms. The van der Waals surface area contributed by atoms with Crippen LogP contribution in [0, 0.1) is 11.8 Å². The third-order valence-corrected chi connectivity index (χ3v) is 2.61. The molecule has 0 unspecified atom stereocenters. The smallest absolute Gasteiger partial charge is 0.307 e. The Balaban J connectivity index is 2.36. The summed E-state index contributed by atoms with van der Waals surface area (Å²) < 4.78 is 0. The van der Waals surface area contributed by atoms with Crippen molar-refractivity contribution in [2.45, 2.75) is 32.1 Å². The maximum atomic E-state index is 10.6. The van der Waals surface area contributed by atoms with Gasteiger partial charge in [0.05, 0.1) is 12.3 Å². The highest BCUT2D eigenvalue weighted by Crippen LogP contribution is 2.33. The summed E-state index contributed by atoms with van der Waals surface area (Å²) in [5.74, 6) is -2.25. The van der Waals surface area contributed by atoms with Crippen LogP contribution in [0.2, 0.25) is 0 Å². The molecule has 1 fully saturated rings. The summed E-state index contributed by atoms with van der Waals surface area (Å²) in [6.07, 6.45) is 3.56. The Labute approximate surface area is 76.6 Å². The molecular formula is C9H14O4. The molecule has 4 nitrogen and oxygen atoms in total. The summed E-state index contributed by atoms with van der Waals surface area (Å²) in [6, 6.07) is 0. The van der Waals surface area contributed by atoms with Gasteiger partial charge in [0.1, 0.15) is 0 Å². The van der Waals surface area contributed by atoms with Crippen LogP contribution < -0.4 is 0 Å². The quantitative estimate of drug-likeness (QED) is 0.679. The maximum Gasteiger partial charge on any atom is 0.307 e. The fourth-order valence-corrected chi connectivity index (χ4v) is 1.61. The van der Waals surface area contributed by atoms with Crippen LogP contribution in [0.4, 0.5) is 0 Å². The fraction of sp³-hybridized carbons (Fsp3) is 0.778. The predicted octanol–water partition coefficient (Wildman–Crippen LogP) is 1.35. The Morgan fingerprint density at radius 3 is 2.23 bits per heavy atom. The Morgan fingerprint density at radius 2 is 1.92 bits per heavy atom. The second kappa shape index (κ2) is 4.25. The molecule has 0 saturated heterocycles. The minimum atomic E-state index is -1.02. The molecule has 0 radical (unpaired) electrons. The zero-order valence-corrected chi connectivity index (χ0v) is 7.40. The van der Waals surface area contributed by atoms with Crippen LogP contribution in [-0.4, -0.2) is 22.2 Å². The van der Waals surface area contributed by atoms with E-state index < -0.39 is 17.9 Å². The van der Waals surface area contributed by atoms with Crippen molar-refractivity contribution < 1.29 is 19.8 Å². The van der Waals surface area contributed by atoms with Gasteiger partial charge in [0.2, 0.25) is 0 Å². The number of aliphatic carboxylic acids is 2. The first kappa shape index (κ1) is 10.0. The lowest BCUT2D eigenvalue weighted by Crippen LogP contribution is -2.24. The van der Waals surface area contributed by atoms with Gasteiger partial charge in [0.25, 0.3) is 0 Å². The third-order valence-electron chi connectivity index (χ3n) is 2.61. The van der Waals surface area contributed by atoms with E-state index in [1.807, 2.05) is 0 Å². The van der Waals surface area contributed by atoms with Gasteiger partial charge < -0.3 is 10.2 Å². The Hall–Kier alpha value is -1.06. The molecule has 13 heavy (non-hydrogen) atoms. The molecule has 1 aliphatic carbocycles. The highest BCUT2D eigenvalue weighted by Gasteiger charge is 2.27.